The Balaban J connectivity index is 2.01. The van der Waals surface area contributed by atoms with Gasteiger partial charge >= 0.3 is 6.09 Å². The second-order valence-corrected chi connectivity index (χ2v) is 6.62. The molecule has 1 atom stereocenters. The number of anilines is 1. The number of aromatic nitrogens is 2. The van der Waals surface area contributed by atoms with Crippen LogP contribution in [0.4, 0.5) is 10.6 Å². The van der Waals surface area contributed by atoms with E-state index < -0.39 is 5.60 Å². The number of nitrogens with zero attached hydrogens (tertiary/aromatic N) is 4. The van der Waals surface area contributed by atoms with Crippen molar-refractivity contribution in [3.63, 3.8) is 0 Å². The predicted molar refractivity (Wildman–Crippen MR) is 87.8 cm³/mol. The molecule has 2 rings (SSSR count). The lowest BCUT2D eigenvalue weighted by Crippen LogP contribution is -2.54. The molecule has 1 aromatic rings. The molecule has 1 unspecified atom stereocenters. The Morgan fingerprint density at radius 3 is 2.70 bits per heavy atom. The van der Waals surface area contributed by atoms with Crippen LogP contribution in [0.3, 0.4) is 0 Å². The number of carbonyl (C=O) groups is 1. The Labute approximate surface area is 137 Å². The third-order valence-electron chi connectivity index (χ3n) is 3.49. The van der Waals surface area contributed by atoms with Crippen LogP contribution in [0.15, 0.2) is 12.4 Å². The lowest BCUT2D eigenvalue weighted by molar-refractivity contribution is 0.0218. The number of hydrogen-bond acceptors (Lipinski definition) is 6. The van der Waals surface area contributed by atoms with Gasteiger partial charge in [-0.2, -0.15) is 0 Å². The predicted octanol–water partition coefficient (Wildman–Crippen LogP) is 2.32. The zero-order chi connectivity index (χ0) is 17.0. The highest BCUT2D eigenvalue weighted by Crippen LogP contribution is 2.22. The molecule has 128 valence electrons. The molecule has 0 spiro atoms. The SMILES string of the molecule is CCOc1cc(N2CCN(C(=O)OC(C)(C)C)CC2C)ncn1. The number of amides is 1. The molecule has 0 bridgehead atoms. The molecule has 0 aliphatic carbocycles. The van der Waals surface area contributed by atoms with Crippen molar-refractivity contribution in [1.82, 2.24) is 14.9 Å². The monoisotopic (exact) mass is 322 g/mol. The summed E-state index contributed by atoms with van der Waals surface area (Å²) >= 11 is 0. The van der Waals surface area contributed by atoms with E-state index in [2.05, 4.69) is 21.8 Å². The number of ether oxygens (including phenoxy) is 2. The zero-order valence-corrected chi connectivity index (χ0v) is 14.6. The fourth-order valence-corrected chi connectivity index (χ4v) is 2.50. The molecule has 0 radical (unpaired) electrons. The number of rotatable bonds is 3. The molecule has 0 aromatic carbocycles. The Morgan fingerprint density at radius 1 is 1.35 bits per heavy atom. The van der Waals surface area contributed by atoms with E-state index in [1.165, 1.54) is 6.33 Å². The maximum absolute atomic E-state index is 12.2. The van der Waals surface area contributed by atoms with Crippen LogP contribution in [-0.2, 0) is 4.74 Å². The van der Waals surface area contributed by atoms with Crippen LogP contribution in [0.2, 0.25) is 0 Å². The second-order valence-electron chi connectivity index (χ2n) is 6.62. The molecule has 2 heterocycles. The fraction of sp³-hybridized carbons (Fsp3) is 0.688. The van der Waals surface area contributed by atoms with Crippen LogP contribution in [0, 0.1) is 0 Å². The van der Waals surface area contributed by atoms with Gasteiger partial charge in [-0.1, -0.05) is 0 Å². The third kappa shape index (κ3) is 4.71. The van der Waals surface area contributed by atoms with Gasteiger partial charge in [0.1, 0.15) is 17.7 Å². The molecule has 1 aromatic heterocycles. The lowest BCUT2D eigenvalue weighted by Gasteiger charge is -2.40. The molecule has 1 aliphatic rings. The van der Waals surface area contributed by atoms with E-state index in [0.29, 0.717) is 32.1 Å². The van der Waals surface area contributed by atoms with E-state index in [9.17, 15) is 4.79 Å². The zero-order valence-electron chi connectivity index (χ0n) is 14.6. The van der Waals surface area contributed by atoms with Gasteiger partial charge in [-0.05, 0) is 34.6 Å². The quantitative estimate of drug-likeness (QED) is 0.851. The summed E-state index contributed by atoms with van der Waals surface area (Å²) in [5.74, 6) is 1.39. The second kappa shape index (κ2) is 7.02. The van der Waals surface area contributed by atoms with Crippen LogP contribution < -0.4 is 9.64 Å². The normalized spacial score (nSPS) is 18.7. The summed E-state index contributed by atoms with van der Waals surface area (Å²) < 4.78 is 10.9. The summed E-state index contributed by atoms with van der Waals surface area (Å²) in [6, 6.07) is 1.98. The molecular formula is C16H26N4O3. The molecule has 1 amide bonds. The van der Waals surface area contributed by atoms with Gasteiger partial charge in [-0.3, -0.25) is 0 Å². The first kappa shape index (κ1) is 17.3. The molecule has 0 saturated carbocycles. The summed E-state index contributed by atoms with van der Waals surface area (Å²) in [6.45, 7) is 12.1. The van der Waals surface area contributed by atoms with Gasteiger partial charge in [0.2, 0.25) is 5.88 Å². The first-order valence-corrected chi connectivity index (χ1v) is 7.99. The van der Waals surface area contributed by atoms with Gasteiger partial charge in [0.15, 0.2) is 0 Å². The first-order valence-electron chi connectivity index (χ1n) is 7.99. The van der Waals surface area contributed by atoms with Crippen molar-refractivity contribution in [1.29, 1.82) is 0 Å². The topological polar surface area (TPSA) is 67.8 Å². The Hall–Kier alpha value is -2.05. The molecule has 1 fully saturated rings. The average Bonchev–Trinajstić information content (AvgIpc) is 2.46. The van der Waals surface area contributed by atoms with E-state index >= 15 is 0 Å². The highest BCUT2D eigenvalue weighted by atomic mass is 16.6. The maximum Gasteiger partial charge on any atom is 0.410 e. The molecule has 0 N–H and O–H groups in total. The Kier molecular flexibility index (Phi) is 5.28. The van der Waals surface area contributed by atoms with E-state index in [-0.39, 0.29) is 12.1 Å². The van der Waals surface area contributed by atoms with Crippen LogP contribution in [0.1, 0.15) is 34.6 Å². The first-order chi connectivity index (χ1) is 10.8. The van der Waals surface area contributed by atoms with Crippen LogP contribution in [0.25, 0.3) is 0 Å². The molecule has 23 heavy (non-hydrogen) atoms. The van der Waals surface area contributed by atoms with Gasteiger partial charge in [-0.15, -0.1) is 0 Å². The van der Waals surface area contributed by atoms with Crippen molar-refractivity contribution in [2.24, 2.45) is 0 Å². The minimum absolute atomic E-state index is 0.139. The van der Waals surface area contributed by atoms with E-state index in [1.54, 1.807) is 4.90 Å². The van der Waals surface area contributed by atoms with Gasteiger partial charge in [0.25, 0.3) is 0 Å². The molecule has 7 nitrogen and oxygen atoms in total. The summed E-state index contributed by atoms with van der Waals surface area (Å²) in [6.07, 6.45) is 1.24. The van der Waals surface area contributed by atoms with Gasteiger partial charge in [0.05, 0.1) is 6.61 Å². The maximum atomic E-state index is 12.2. The minimum atomic E-state index is -0.476. The molecule has 1 aliphatic heterocycles. The summed E-state index contributed by atoms with van der Waals surface area (Å²) in [7, 11) is 0. The van der Waals surface area contributed by atoms with Gasteiger partial charge in [-0.25, -0.2) is 14.8 Å². The minimum Gasteiger partial charge on any atom is -0.478 e. The van der Waals surface area contributed by atoms with E-state index in [1.807, 2.05) is 33.8 Å². The van der Waals surface area contributed by atoms with Crippen molar-refractivity contribution in [3.05, 3.63) is 12.4 Å². The highest BCUT2D eigenvalue weighted by Gasteiger charge is 2.30. The average molecular weight is 322 g/mol. The van der Waals surface area contributed by atoms with Crippen LogP contribution in [0.5, 0.6) is 5.88 Å². The summed E-state index contributed by atoms with van der Waals surface area (Å²) in [5.41, 5.74) is -0.476. The van der Waals surface area contributed by atoms with E-state index in [4.69, 9.17) is 9.47 Å². The Morgan fingerprint density at radius 2 is 2.09 bits per heavy atom. The smallest absolute Gasteiger partial charge is 0.410 e. The molecule has 7 heteroatoms. The van der Waals surface area contributed by atoms with Crippen molar-refractivity contribution < 1.29 is 14.3 Å². The van der Waals surface area contributed by atoms with Crippen molar-refractivity contribution in [2.45, 2.75) is 46.3 Å². The number of carbonyl (C=O) groups excluding carboxylic acids is 1. The van der Waals surface area contributed by atoms with Gasteiger partial charge in [0, 0.05) is 31.7 Å². The molecule has 1 saturated heterocycles. The largest absolute Gasteiger partial charge is 0.478 e. The molecular weight excluding hydrogens is 296 g/mol. The Bertz CT molecular complexity index is 544. The summed E-state index contributed by atoms with van der Waals surface area (Å²) in [5, 5.41) is 0. The lowest BCUT2D eigenvalue weighted by atomic mass is 10.2. The van der Waals surface area contributed by atoms with Crippen LogP contribution in [-0.4, -0.2) is 58.8 Å². The van der Waals surface area contributed by atoms with Crippen LogP contribution >= 0.6 is 0 Å². The summed E-state index contributed by atoms with van der Waals surface area (Å²) in [4.78, 5) is 24.5. The van der Waals surface area contributed by atoms with Gasteiger partial charge < -0.3 is 19.3 Å². The van der Waals surface area contributed by atoms with Crippen molar-refractivity contribution in [3.8, 4) is 5.88 Å². The number of piperazine rings is 1. The standard InChI is InChI=1S/C16H26N4O3/c1-6-22-14-9-13(17-11-18-14)20-8-7-19(10-12(20)2)15(21)23-16(3,4)5/h9,11-12H,6-8,10H2,1-5H3. The van der Waals surface area contributed by atoms with Crippen molar-refractivity contribution in [2.75, 3.05) is 31.1 Å². The third-order valence-corrected chi connectivity index (χ3v) is 3.49. The van der Waals surface area contributed by atoms with E-state index in [0.717, 1.165) is 5.82 Å². The number of hydrogen-bond donors (Lipinski definition) is 0. The fourth-order valence-electron chi connectivity index (χ4n) is 2.50. The highest BCUT2D eigenvalue weighted by molar-refractivity contribution is 5.68. The van der Waals surface area contributed by atoms with Crippen molar-refractivity contribution >= 4 is 11.9 Å².